The number of benzene rings is 2. The van der Waals surface area contributed by atoms with Gasteiger partial charge in [0.15, 0.2) is 0 Å². The highest BCUT2D eigenvalue weighted by atomic mass is 16.5. The molecule has 0 radical (unpaired) electrons. The zero-order chi connectivity index (χ0) is 23.7. The Morgan fingerprint density at radius 1 is 1.06 bits per heavy atom. The number of hydrogen-bond donors (Lipinski definition) is 2. The summed E-state index contributed by atoms with van der Waals surface area (Å²) in [4.78, 5) is 37.4. The second-order valence-electron chi connectivity index (χ2n) is 9.08. The first-order valence-electron chi connectivity index (χ1n) is 10.4. The van der Waals surface area contributed by atoms with Gasteiger partial charge in [-0.05, 0) is 51.0 Å². The van der Waals surface area contributed by atoms with E-state index in [0.717, 1.165) is 11.1 Å². The Labute approximate surface area is 186 Å². The van der Waals surface area contributed by atoms with Crippen molar-refractivity contribution in [2.24, 2.45) is 5.41 Å². The van der Waals surface area contributed by atoms with E-state index in [1.807, 2.05) is 31.2 Å². The fraction of sp³-hybridized carbons (Fsp3) is 0.360. The number of anilines is 1. The molecule has 1 unspecified atom stereocenters. The van der Waals surface area contributed by atoms with E-state index in [0.29, 0.717) is 22.2 Å². The summed E-state index contributed by atoms with van der Waals surface area (Å²) in [6.07, 6.45) is 0.000369. The van der Waals surface area contributed by atoms with Crippen molar-refractivity contribution >= 4 is 28.2 Å². The number of aromatic nitrogens is 1. The van der Waals surface area contributed by atoms with Crippen LogP contribution in [-0.2, 0) is 16.0 Å². The second kappa shape index (κ2) is 8.67. The highest BCUT2D eigenvalue weighted by Gasteiger charge is 2.43. The molecule has 2 aromatic carbocycles. The smallest absolute Gasteiger partial charge is 0.366 e. The molecular formula is C25H28N2O5. The number of fused-ring (bicyclic) bond motifs is 1. The van der Waals surface area contributed by atoms with Gasteiger partial charge < -0.3 is 14.9 Å². The predicted octanol–water partition coefficient (Wildman–Crippen LogP) is 3.72. The van der Waals surface area contributed by atoms with Gasteiger partial charge in [-0.15, -0.1) is 0 Å². The van der Waals surface area contributed by atoms with Crippen molar-refractivity contribution in [3.8, 4) is 0 Å². The lowest BCUT2D eigenvalue weighted by atomic mass is 9.75. The lowest BCUT2D eigenvalue weighted by molar-refractivity contribution is -0.141. The van der Waals surface area contributed by atoms with Crippen LogP contribution in [0.1, 0.15) is 44.0 Å². The number of ketones is 1. The Hall–Kier alpha value is -3.32. The molecule has 0 aliphatic carbocycles. The molecule has 7 heteroatoms. The van der Waals surface area contributed by atoms with Crippen LogP contribution in [0.2, 0.25) is 0 Å². The molecule has 0 saturated carbocycles. The molecule has 1 heterocycles. The zero-order valence-electron chi connectivity index (χ0n) is 19.0. The number of nitrogens with zero attached hydrogens (tertiary/aromatic N) is 1. The van der Waals surface area contributed by atoms with Crippen molar-refractivity contribution in [1.82, 2.24) is 5.16 Å². The number of carbonyl (C=O) groups is 2. The van der Waals surface area contributed by atoms with Crippen molar-refractivity contribution in [3.63, 3.8) is 0 Å². The summed E-state index contributed by atoms with van der Waals surface area (Å²) in [5, 5.41) is 18.9. The summed E-state index contributed by atoms with van der Waals surface area (Å²) in [6, 6.07) is 12.3. The Morgan fingerprint density at radius 2 is 1.72 bits per heavy atom. The molecular weight excluding hydrogens is 408 g/mol. The van der Waals surface area contributed by atoms with E-state index in [9.17, 15) is 19.5 Å². The highest BCUT2D eigenvalue weighted by Crippen LogP contribution is 2.33. The molecule has 0 spiro atoms. The number of nitrogens with one attached hydrogen (secondary N) is 1. The van der Waals surface area contributed by atoms with E-state index in [-0.39, 0.29) is 18.6 Å². The van der Waals surface area contributed by atoms with Gasteiger partial charge in [0, 0.05) is 22.9 Å². The minimum Gasteiger partial charge on any atom is -0.380 e. The van der Waals surface area contributed by atoms with E-state index in [1.54, 1.807) is 39.0 Å². The molecule has 32 heavy (non-hydrogen) atoms. The molecule has 168 valence electrons. The molecule has 0 saturated heterocycles. The van der Waals surface area contributed by atoms with Crippen LogP contribution in [0.15, 0.2) is 51.8 Å². The van der Waals surface area contributed by atoms with Crippen LogP contribution in [-0.4, -0.2) is 27.6 Å². The molecule has 0 bridgehead atoms. The molecule has 1 aromatic heterocycles. The normalized spacial score (nSPS) is 13.6. The largest absolute Gasteiger partial charge is 0.380 e. The number of rotatable bonds is 7. The van der Waals surface area contributed by atoms with Crippen molar-refractivity contribution < 1.29 is 19.2 Å². The topological polar surface area (TPSA) is 110 Å². The summed E-state index contributed by atoms with van der Waals surface area (Å²) in [6.45, 7) is 8.54. The van der Waals surface area contributed by atoms with Crippen LogP contribution < -0.4 is 10.9 Å². The third-order valence-electron chi connectivity index (χ3n) is 5.88. The first-order chi connectivity index (χ1) is 14.9. The van der Waals surface area contributed by atoms with E-state index in [2.05, 4.69) is 10.5 Å². The van der Waals surface area contributed by atoms with Gasteiger partial charge in [-0.1, -0.05) is 48.8 Å². The standard InChI is InChI=1S/C25H28N2O5/c1-15-6-8-18(9-7-15)13-25(31,14-24(4,5)17(3)28)23(30)26-19-10-11-20-21(12-19)16(2)27-32-22(20)29/h6-12,31H,13-14H2,1-5H3,(H,26,30). The summed E-state index contributed by atoms with van der Waals surface area (Å²) < 4.78 is 4.73. The van der Waals surface area contributed by atoms with Crippen LogP contribution in [0.25, 0.3) is 10.8 Å². The average Bonchev–Trinajstić information content (AvgIpc) is 2.72. The predicted molar refractivity (Wildman–Crippen MR) is 123 cm³/mol. The third-order valence-corrected chi connectivity index (χ3v) is 5.88. The van der Waals surface area contributed by atoms with Crippen molar-refractivity contribution in [2.45, 2.75) is 53.1 Å². The Bertz CT molecular complexity index is 1230. The molecule has 0 aliphatic rings. The highest BCUT2D eigenvalue weighted by molar-refractivity contribution is 6.00. The lowest BCUT2D eigenvalue weighted by Gasteiger charge is -2.34. The summed E-state index contributed by atoms with van der Waals surface area (Å²) in [7, 11) is 0. The number of hydrogen-bond acceptors (Lipinski definition) is 6. The van der Waals surface area contributed by atoms with Gasteiger partial charge in [0.05, 0.1) is 11.1 Å². The number of amides is 1. The molecule has 1 amide bonds. The number of Topliss-reactive ketones (excluding diaryl/α,β-unsaturated/α-hetero) is 1. The first kappa shape index (κ1) is 23.3. The molecule has 3 aromatic rings. The van der Waals surface area contributed by atoms with E-state index in [4.69, 9.17) is 4.52 Å². The summed E-state index contributed by atoms with van der Waals surface area (Å²) in [5.41, 5.74) is -0.548. The molecule has 0 fully saturated rings. The van der Waals surface area contributed by atoms with Gasteiger partial charge in [0.2, 0.25) is 0 Å². The number of aryl methyl sites for hydroxylation is 2. The maximum Gasteiger partial charge on any atom is 0.366 e. The maximum absolute atomic E-state index is 13.3. The van der Waals surface area contributed by atoms with Gasteiger partial charge in [-0.25, -0.2) is 4.79 Å². The van der Waals surface area contributed by atoms with E-state index in [1.165, 1.54) is 6.92 Å². The molecule has 3 rings (SSSR count). The molecule has 2 N–H and O–H groups in total. The monoisotopic (exact) mass is 436 g/mol. The molecule has 7 nitrogen and oxygen atoms in total. The van der Waals surface area contributed by atoms with Gasteiger partial charge in [0.25, 0.3) is 5.91 Å². The SMILES string of the molecule is CC(=O)C(C)(C)CC(O)(Cc1ccc(C)cc1)C(=O)Nc1ccc2c(=O)onc(C)c2c1. The van der Waals surface area contributed by atoms with Gasteiger partial charge in [-0.2, -0.15) is 0 Å². The van der Waals surface area contributed by atoms with Gasteiger partial charge >= 0.3 is 5.63 Å². The Morgan fingerprint density at radius 3 is 2.34 bits per heavy atom. The maximum atomic E-state index is 13.3. The molecule has 0 aliphatic heterocycles. The van der Waals surface area contributed by atoms with Crippen molar-refractivity contribution in [2.75, 3.05) is 5.32 Å². The number of aliphatic hydroxyl groups is 1. The lowest BCUT2D eigenvalue weighted by Crippen LogP contribution is -2.49. The zero-order valence-corrected chi connectivity index (χ0v) is 19.0. The summed E-state index contributed by atoms with van der Waals surface area (Å²) >= 11 is 0. The van der Waals surface area contributed by atoms with Crippen LogP contribution >= 0.6 is 0 Å². The number of carbonyl (C=O) groups excluding carboxylic acids is 2. The van der Waals surface area contributed by atoms with Gasteiger partial charge in [0.1, 0.15) is 11.4 Å². The fourth-order valence-corrected chi connectivity index (χ4v) is 3.68. The third kappa shape index (κ3) is 4.94. The van der Waals surface area contributed by atoms with Crippen LogP contribution in [0.3, 0.4) is 0 Å². The van der Waals surface area contributed by atoms with Gasteiger partial charge in [-0.3, -0.25) is 9.59 Å². The quantitative estimate of drug-likeness (QED) is 0.584. The Kier molecular flexibility index (Phi) is 6.32. The molecule has 1 atom stereocenters. The minimum absolute atomic E-state index is 0.0488. The van der Waals surface area contributed by atoms with Crippen molar-refractivity contribution in [1.29, 1.82) is 0 Å². The van der Waals surface area contributed by atoms with E-state index < -0.39 is 22.5 Å². The first-order valence-corrected chi connectivity index (χ1v) is 10.4. The fourth-order valence-electron chi connectivity index (χ4n) is 3.68. The summed E-state index contributed by atoms with van der Waals surface area (Å²) in [5.74, 6) is -0.743. The average molecular weight is 437 g/mol. The van der Waals surface area contributed by atoms with Crippen LogP contribution in [0, 0.1) is 19.3 Å². The van der Waals surface area contributed by atoms with Crippen molar-refractivity contribution in [3.05, 3.63) is 69.7 Å². The van der Waals surface area contributed by atoms with Crippen LogP contribution in [0.4, 0.5) is 5.69 Å². The Balaban J connectivity index is 1.96. The van der Waals surface area contributed by atoms with Crippen LogP contribution in [0.5, 0.6) is 0 Å². The van der Waals surface area contributed by atoms with E-state index >= 15 is 0 Å². The second-order valence-corrected chi connectivity index (χ2v) is 9.08. The minimum atomic E-state index is -1.83.